The molecule has 2 atom stereocenters. The minimum Gasteiger partial charge on any atom is -0.340 e. The van der Waals surface area contributed by atoms with E-state index in [0.29, 0.717) is 32.6 Å². The summed E-state index contributed by atoms with van der Waals surface area (Å²) in [6, 6.07) is 9.44. The predicted octanol–water partition coefficient (Wildman–Crippen LogP) is 1.60. The molecular weight excluding hydrogens is 414 g/mol. The van der Waals surface area contributed by atoms with Crippen molar-refractivity contribution in [3.8, 4) is 5.69 Å². The topological polar surface area (TPSA) is 87.5 Å². The number of carbonyl (C=O) groups is 1. The summed E-state index contributed by atoms with van der Waals surface area (Å²) in [7, 11) is -1.57. The number of carbonyl (C=O) groups excluding carboxylic acids is 1. The van der Waals surface area contributed by atoms with Gasteiger partial charge in [-0.2, -0.15) is 5.10 Å². The number of rotatable bonds is 6. The van der Waals surface area contributed by atoms with Gasteiger partial charge in [0.05, 0.1) is 22.7 Å². The Morgan fingerprint density at radius 1 is 1.19 bits per heavy atom. The third-order valence-corrected chi connectivity index (χ3v) is 8.73. The van der Waals surface area contributed by atoms with Crippen molar-refractivity contribution < 1.29 is 13.2 Å². The van der Waals surface area contributed by atoms with Crippen LogP contribution in [-0.4, -0.2) is 71.3 Å². The Balaban J connectivity index is 1.43. The molecule has 1 aromatic heterocycles. The maximum absolute atomic E-state index is 13.1. The maximum atomic E-state index is 13.1. The van der Waals surface area contributed by atoms with Crippen LogP contribution in [0.3, 0.4) is 0 Å². The number of amides is 1. The Morgan fingerprint density at radius 2 is 1.87 bits per heavy atom. The lowest BCUT2D eigenvalue weighted by Gasteiger charge is -2.22. The van der Waals surface area contributed by atoms with Crippen molar-refractivity contribution in [3.05, 3.63) is 47.3 Å². The van der Waals surface area contributed by atoms with Gasteiger partial charge in [0.15, 0.2) is 0 Å². The Kier molecular flexibility index (Phi) is 6.18. The fourth-order valence-corrected chi connectivity index (χ4v) is 6.51. The zero-order valence-electron chi connectivity index (χ0n) is 18.4. The molecule has 1 aromatic carbocycles. The van der Waals surface area contributed by atoms with E-state index in [0.717, 1.165) is 35.5 Å². The van der Waals surface area contributed by atoms with Gasteiger partial charge < -0.3 is 10.2 Å². The van der Waals surface area contributed by atoms with Crippen molar-refractivity contribution in [1.29, 1.82) is 0 Å². The highest BCUT2D eigenvalue weighted by Crippen LogP contribution is 2.24. The summed E-state index contributed by atoms with van der Waals surface area (Å²) in [4.78, 5) is 14.7. The highest BCUT2D eigenvalue weighted by molar-refractivity contribution is 7.89. The minimum absolute atomic E-state index is 0.0783. The highest BCUT2D eigenvalue weighted by atomic mass is 32.2. The van der Waals surface area contributed by atoms with E-state index < -0.39 is 21.3 Å². The van der Waals surface area contributed by atoms with E-state index in [1.165, 1.54) is 0 Å². The molecule has 0 saturated carbocycles. The van der Waals surface area contributed by atoms with E-state index in [9.17, 15) is 13.2 Å². The van der Waals surface area contributed by atoms with Gasteiger partial charge in [0.2, 0.25) is 15.9 Å². The largest absolute Gasteiger partial charge is 0.340 e. The van der Waals surface area contributed by atoms with Crippen LogP contribution in [0.1, 0.15) is 36.2 Å². The molecule has 3 heterocycles. The van der Waals surface area contributed by atoms with Crippen LogP contribution in [0.5, 0.6) is 0 Å². The number of hydrogen-bond acceptors (Lipinski definition) is 5. The number of aromatic nitrogens is 2. The molecule has 2 aromatic rings. The molecule has 9 heteroatoms. The van der Waals surface area contributed by atoms with Crippen molar-refractivity contribution >= 4 is 15.9 Å². The predicted molar refractivity (Wildman–Crippen MR) is 119 cm³/mol. The maximum Gasteiger partial charge on any atom is 0.239 e. The van der Waals surface area contributed by atoms with Gasteiger partial charge >= 0.3 is 0 Å². The summed E-state index contributed by atoms with van der Waals surface area (Å²) in [6.07, 6.45) is 2.16. The SMILES string of the molecule is Cc1nn(-c2ccccc2)c(C)c1CN(C)C(=O)C1CC(S(=O)(=O)N2CCCC2)CN1. The summed E-state index contributed by atoms with van der Waals surface area (Å²) < 4.78 is 29.2. The van der Waals surface area contributed by atoms with E-state index in [4.69, 9.17) is 0 Å². The Morgan fingerprint density at radius 3 is 2.55 bits per heavy atom. The number of hydrogen-bond donors (Lipinski definition) is 1. The fourth-order valence-electron chi connectivity index (χ4n) is 4.58. The van der Waals surface area contributed by atoms with Crippen LogP contribution in [0.2, 0.25) is 0 Å². The van der Waals surface area contributed by atoms with Gasteiger partial charge in [0, 0.05) is 44.5 Å². The fraction of sp³-hybridized carbons (Fsp3) is 0.545. The second-order valence-corrected chi connectivity index (χ2v) is 10.8. The van der Waals surface area contributed by atoms with Crippen molar-refractivity contribution in [1.82, 2.24) is 24.3 Å². The van der Waals surface area contributed by atoms with Crippen molar-refractivity contribution in [2.24, 2.45) is 0 Å². The second kappa shape index (κ2) is 8.72. The summed E-state index contributed by atoms with van der Waals surface area (Å²) >= 11 is 0. The molecule has 0 radical (unpaired) electrons. The van der Waals surface area contributed by atoms with Crippen molar-refractivity contribution in [3.63, 3.8) is 0 Å². The first-order valence-electron chi connectivity index (χ1n) is 10.9. The van der Waals surface area contributed by atoms with E-state index >= 15 is 0 Å². The highest BCUT2D eigenvalue weighted by Gasteiger charge is 2.41. The Bertz CT molecular complexity index is 1040. The molecule has 2 aliphatic heterocycles. The molecule has 1 N–H and O–H groups in total. The average Bonchev–Trinajstić information content (AvgIpc) is 3.51. The first-order chi connectivity index (χ1) is 14.8. The molecular formula is C22H31N5O3S. The van der Waals surface area contributed by atoms with Crippen LogP contribution in [0, 0.1) is 13.8 Å². The third-order valence-electron chi connectivity index (χ3n) is 6.45. The van der Waals surface area contributed by atoms with Crippen LogP contribution in [0.15, 0.2) is 30.3 Å². The quantitative estimate of drug-likeness (QED) is 0.730. The zero-order chi connectivity index (χ0) is 22.2. The van der Waals surface area contributed by atoms with Crippen LogP contribution in [-0.2, 0) is 21.4 Å². The number of nitrogens with one attached hydrogen (secondary N) is 1. The number of aryl methyl sites for hydroxylation is 1. The molecule has 168 valence electrons. The monoisotopic (exact) mass is 445 g/mol. The lowest BCUT2D eigenvalue weighted by Crippen LogP contribution is -2.41. The van der Waals surface area contributed by atoms with Gasteiger partial charge in [-0.3, -0.25) is 4.79 Å². The molecule has 1 amide bonds. The van der Waals surface area contributed by atoms with Gasteiger partial charge in [-0.15, -0.1) is 0 Å². The zero-order valence-corrected chi connectivity index (χ0v) is 19.2. The molecule has 31 heavy (non-hydrogen) atoms. The summed E-state index contributed by atoms with van der Waals surface area (Å²) in [5.41, 5.74) is 3.88. The number of sulfonamides is 1. The van der Waals surface area contributed by atoms with Crippen molar-refractivity contribution in [2.75, 3.05) is 26.7 Å². The van der Waals surface area contributed by atoms with Gasteiger partial charge in [-0.1, -0.05) is 18.2 Å². The molecule has 2 aliphatic rings. The van der Waals surface area contributed by atoms with Crippen molar-refractivity contribution in [2.45, 2.75) is 50.9 Å². The molecule has 0 aliphatic carbocycles. The average molecular weight is 446 g/mol. The molecule has 4 rings (SSSR count). The van der Waals surface area contributed by atoms with E-state index in [2.05, 4.69) is 10.4 Å². The lowest BCUT2D eigenvalue weighted by atomic mass is 10.1. The summed E-state index contributed by atoms with van der Waals surface area (Å²) in [5.74, 6) is -0.0783. The molecule has 2 fully saturated rings. The van der Waals surface area contributed by atoms with Crippen LogP contribution in [0.4, 0.5) is 0 Å². The van der Waals surface area contributed by atoms with Gasteiger partial charge in [0.1, 0.15) is 0 Å². The summed E-state index contributed by atoms with van der Waals surface area (Å²) in [5, 5.41) is 7.27. The molecule has 8 nitrogen and oxygen atoms in total. The first-order valence-corrected chi connectivity index (χ1v) is 12.4. The molecule has 2 unspecified atom stereocenters. The molecule has 0 spiro atoms. The van der Waals surface area contributed by atoms with Gasteiger partial charge in [-0.05, 0) is 45.2 Å². The van der Waals surface area contributed by atoms with Gasteiger partial charge in [0.25, 0.3) is 0 Å². The number of benzene rings is 1. The number of likely N-dealkylation sites (N-methyl/N-ethyl adjacent to an activating group) is 1. The Hall–Kier alpha value is -2.23. The number of nitrogens with zero attached hydrogens (tertiary/aromatic N) is 4. The summed E-state index contributed by atoms with van der Waals surface area (Å²) in [6.45, 7) is 5.92. The van der Waals surface area contributed by atoms with Gasteiger partial charge in [-0.25, -0.2) is 17.4 Å². The van der Waals surface area contributed by atoms with Crippen LogP contribution >= 0.6 is 0 Å². The van der Waals surface area contributed by atoms with E-state index in [1.54, 1.807) is 16.3 Å². The normalized spacial score (nSPS) is 22.2. The van der Waals surface area contributed by atoms with Crippen LogP contribution < -0.4 is 5.32 Å². The number of para-hydroxylation sites is 1. The smallest absolute Gasteiger partial charge is 0.239 e. The standard InChI is InChI=1S/C22H31N5O3S/c1-16-20(17(2)27(24-16)18-9-5-4-6-10-18)15-25(3)22(28)21-13-19(14-23-21)31(29,30)26-11-7-8-12-26/h4-6,9-10,19,21,23H,7-8,11-15H2,1-3H3. The van der Waals surface area contributed by atoms with E-state index in [-0.39, 0.29) is 5.91 Å². The Labute approximate surface area is 184 Å². The minimum atomic E-state index is -3.34. The molecule has 2 saturated heterocycles. The lowest BCUT2D eigenvalue weighted by molar-refractivity contribution is -0.132. The van der Waals surface area contributed by atoms with Crippen LogP contribution in [0.25, 0.3) is 5.69 Å². The third kappa shape index (κ3) is 4.26. The second-order valence-electron chi connectivity index (χ2n) is 8.56. The first kappa shape index (κ1) is 22.0. The van der Waals surface area contributed by atoms with E-state index in [1.807, 2.05) is 48.9 Å². The molecule has 0 bridgehead atoms.